The summed E-state index contributed by atoms with van der Waals surface area (Å²) < 4.78 is 2.76. The quantitative estimate of drug-likeness (QED) is 0.416. The second kappa shape index (κ2) is 8.27. The van der Waals surface area contributed by atoms with Gasteiger partial charge in [0.05, 0.1) is 0 Å². The van der Waals surface area contributed by atoms with Crippen LogP contribution in [-0.4, -0.2) is 15.6 Å². The van der Waals surface area contributed by atoms with Crippen LogP contribution >= 0.6 is 0 Å². The summed E-state index contributed by atoms with van der Waals surface area (Å²) in [6.07, 6.45) is 4.95. The van der Waals surface area contributed by atoms with Crippen LogP contribution in [0.15, 0.2) is 47.6 Å². The molecule has 0 bridgehead atoms. The van der Waals surface area contributed by atoms with Gasteiger partial charge in [-0.25, -0.2) is 0 Å². The summed E-state index contributed by atoms with van der Waals surface area (Å²) in [5.41, 5.74) is 3.44. The maximum atomic E-state index is 4.79. The molecule has 112 valence electrons. The number of hydrogen-bond donors (Lipinski definition) is 0. The molecule has 0 aliphatic carbocycles. The Kier molecular flexibility index (Phi) is 6.36. The summed E-state index contributed by atoms with van der Waals surface area (Å²) in [5.74, 6) is 0.492. The van der Waals surface area contributed by atoms with Crippen molar-refractivity contribution in [3.05, 3.63) is 57.4 Å². The number of benzene rings is 1. The number of pyridine rings is 1. The Balaban J connectivity index is 2.36. The van der Waals surface area contributed by atoms with Crippen molar-refractivity contribution in [1.82, 2.24) is 4.98 Å². The molecule has 1 aromatic carbocycles. The van der Waals surface area contributed by atoms with Gasteiger partial charge in [0.1, 0.15) is 0 Å². The number of aliphatic imine (C=N–C) groups is 1. The van der Waals surface area contributed by atoms with Gasteiger partial charge in [-0.2, -0.15) is 0 Å². The van der Waals surface area contributed by atoms with Crippen molar-refractivity contribution in [2.75, 3.05) is 4.43 Å². The Labute approximate surface area is 138 Å². The summed E-state index contributed by atoms with van der Waals surface area (Å²) in [6, 6.07) is 12.5. The zero-order valence-electron chi connectivity index (χ0n) is 12.9. The number of nitrogens with zero attached hydrogens (tertiary/aromatic N) is 2. The van der Waals surface area contributed by atoms with Crippen molar-refractivity contribution in [3.63, 3.8) is 0 Å². The molecule has 0 saturated carbocycles. The summed E-state index contributed by atoms with van der Waals surface area (Å²) in [5, 5.41) is 0. The van der Waals surface area contributed by atoms with Crippen LogP contribution in [0.4, 0.5) is 5.69 Å². The van der Waals surface area contributed by atoms with Crippen LogP contribution in [0, 0.1) is 3.57 Å². The van der Waals surface area contributed by atoms with Crippen LogP contribution < -0.4 is 21.2 Å². The van der Waals surface area contributed by atoms with E-state index in [9.17, 15) is 0 Å². The number of alkyl halides is 1. The molecule has 0 spiro atoms. The van der Waals surface area contributed by atoms with Crippen molar-refractivity contribution >= 4 is 11.9 Å². The molecule has 2 rings (SSSR count). The third-order valence-electron chi connectivity index (χ3n) is 3.08. The standard InChI is InChI=1S/C18H22IN2/c1-4-11-19-17-10-7-9-16(14(2)3)18(17)21-13-15-8-5-6-12-20-15/h5-10,12-14H,4,11H2,1-3H3/q-1. The van der Waals surface area contributed by atoms with Crippen molar-refractivity contribution in [1.29, 1.82) is 0 Å². The Morgan fingerprint density at radius 1 is 1.19 bits per heavy atom. The maximum absolute atomic E-state index is 4.79. The molecule has 3 heteroatoms. The molecule has 21 heavy (non-hydrogen) atoms. The Hall–Kier alpha value is -1.23. The van der Waals surface area contributed by atoms with Crippen LogP contribution in [0.2, 0.25) is 0 Å². The fourth-order valence-corrected chi connectivity index (χ4v) is 4.42. The van der Waals surface area contributed by atoms with E-state index in [1.54, 1.807) is 6.20 Å². The third kappa shape index (κ3) is 4.63. The second-order valence-electron chi connectivity index (χ2n) is 5.17. The van der Waals surface area contributed by atoms with E-state index in [1.165, 1.54) is 25.7 Å². The van der Waals surface area contributed by atoms with E-state index in [4.69, 9.17) is 4.99 Å². The van der Waals surface area contributed by atoms with Gasteiger partial charge in [-0.15, -0.1) is 0 Å². The summed E-state index contributed by atoms with van der Waals surface area (Å²) >= 11 is 0.0460. The van der Waals surface area contributed by atoms with E-state index in [1.807, 2.05) is 24.4 Å². The molecule has 0 aliphatic rings. The minimum absolute atomic E-state index is 0.0460. The molecular weight excluding hydrogens is 371 g/mol. The first-order valence-corrected chi connectivity index (χ1v) is 10.00. The molecule has 0 fully saturated rings. The van der Waals surface area contributed by atoms with Gasteiger partial charge in [0.25, 0.3) is 0 Å². The number of hydrogen-bond acceptors (Lipinski definition) is 2. The van der Waals surface area contributed by atoms with E-state index in [2.05, 4.69) is 44.0 Å². The molecule has 0 N–H and O–H groups in total. The Bertz CT molecular complexity index is 591. The number of aromatic nitrogens is 1. The predicted octanol–water partition coefficient (Wildman–Crippen LogP) is 1.62. The van der Waals surface area contributed by atoms with Gasteiger partial charge in [-0.3, -0.25) is 0 Å². The van der Waals surface area contributed by atoms with Gasteiger partial charge >= 0.3 is 138 Å². The molecule has 1 heterocycles. The summed E-state index contributed by atoms with van der Waals surface area (Å²) in [7, 11) is 0. The van der Waals surface area contributed by atoms with E-state index < -0.39 is 0 Å². The van der Waals surface area contributed by atoms with E-state index in [-0.39, 0.29) is 21.2 Å². The second-order valence-corrected chi connectivity index (χ2v) is 8.17. The van der Waals surface area contributed by atoms with Crippen LogP contribution in [0.25, 0.3) is 0 Å². The normalized spacial score (nSPS) is 11.6. The summed E-state index contributed by atoms with van der Waals surface area (Å²) in [4.78, 5) is 9.11. The molecule has 0 amide bonds. The monoisotopic (exact) mass is 393 g/mol. The zero-order chi connectivity index (χ0) is 15.1. The van der Waals surface area contributed by atoms with Gasteiger partial charge in [0, 0.05) is 0 Å². The van der Waals surface area contributed by atoms with Crippen molar-refractivity contribution in [2.45, 2.75) is 33.1 Å². The SMILES string of the molecule is CCC[I-]c1cccc(C(C)C)c1N=Cc1ccccn1. The Morgan fingerprint density at radius 2 is 2.05 bits per heavy atom. The van der Waals surface area contributed by atoms with E-state index in [0.29, 0.717) is 5.92 Å². The third-order valence-corrected chi connectivity index (χ3v) is 6.39. The average Bonchev–Trinajstić information content (AvgIpc) is 2.52. The molecule has 0 aliphatic heterocycles. The first kappa shape index (κ1) is 16.1. The van der Waals surface area contributed by atoms with E-state index >= 15 is 0 Å². The van der Waals surface area contributed by atoms with Crippen LogP contribution in [0.5, 0.6) is 0 Å². The molecule has 2 aromatic rings. The number of para-hydroxylation sites is 1. The van der Waals surface area contributed by atoms with Gasteiger partial charge in [-0.1, -0.05) is 0 Å². The average molecular weight is 393 g/mol. The number of halogens is 1. The first-order chi connectivity index (χ1) is 10.2. The fourth-order valence-electron chi connectivity index (χ4n) is 2.02. The van der Waals surface area contributed by atoms with Crippen LogP contribution in [-0.2, 0) is 0 Å². The topological polar surface area (TPSA) is 25.2 Å². The fraction of sp³-hybridized carbons (Fsp3) is 0.333. The molecule has 0 saturated heterocycles. The first-order valence-electron chi connectivity index (χ1n) is 7.39. The summed E-state index contributed by atoms with van der Waals surface area (Å²) in [6.45, 7) is 6.72. The van der Waals surface area contributed by atoms with Gasteiger partial charge in [0.15, 0.2) is 0 Å². The molecule has 0 unspecified atom stereocenters. The van der Waals surface area contributed by atoms with Crippen molar-refractivity contribution in [2.24, 2.45) is 4.99 Å². The predicted molar refractivity (Wildman–Crippen MR) is 85.9 cm³/mol. The Morgan fingerprint density at radius 3 is 2.71 bits per heavy atom. The zero-order valence-corrected chi connectivity index (χ0v) is 15.0. The van der Waals surface area contributed by atoms with Crippen molar-refractivity contribution in [3.8, 4) is 0 Å². The van der Waals surface area contributed by atoms with Gasteiger partial charge in [0.2, 0.25) is 0 Å². The number of rotatable bonds is 6. The van der Waals surface area contributed by atoms with Gasteiger partial charge in [-0.05, 0) is 0 Å². The van der Waals surface area contributed by atoms with Gasteiger partial charge < -0.3 is 0 Å². The molecule has 0 radical (unpaired) electrons. The van der Waals surface area contributed by atoms with Crippen LogP contribution in [0.3, 0.4) is 0 Å². The molecule has 0 atom stereocenters. The molecule has 2 nitrogen and oxygen atoms in total. The molecular formula is C18H22IN2-. The molecule has 1 aromatic heterocycles. The minimum atomic E-state index is 0.0460. The van der Waals surface area contributed by atoms with Crippen molar-refractivity contribution < 1.29 is 21.2 Å². The van der Waals surface area contributed by atoms with E-state index in [0.717, 1.165) is 5.69 Å². The van der Waals surface area contributed by atoms with Crippen LogP contribution in [0.1, 0.15) is 44.4 Å².